The van der Waals surface area contributed by atoms with Crippen LogP contribution in [0.3, 0.4) is 0 Å². The lowest BCUT2D eigenvalue weighted by atomic mass is 10.1. The number of hydrogen-bond donors (Lipinski definition) is 1. The van der Waals surface area contributed by atoms with E-state index in [0.29, 0.717) is 11.1 Å². The van der Waals surface area contributed by atoms with Gasteiger partial charge >= 0.3 is 0 Å². The SMILES string of the molecule is CC(C)N(C(=O)S)N1C(=O)c2ccccc2C1=O. The zero-order valence-corrected chi connectivity index (χ0v) is 10.8. The van der Waals surface area contributed by atoms with E-state index in [-0.39, 0.29) is 6.04 Å². The van der Waals surface area contributed by atoms with Crippen molar-refractivity contribution in [2.75, 3.05) is 0 Å². The van der Waals surface area contributed by atoms with Crippen molar-refractivity contribution in [1.29, 1.82) is 0 Å². The van der Waals surface area contributed by atoms with Gasteiger partial charge in [-0.3, -0.25) is 14.4 Å². The monoisotopic (exact) mass is 264 g/mol. The van der Waals surface area contributed by atoms with Crippen LogP contribution in [0.1, 0.15) is 34.6 Å². The first kappa shape index (κ1) is 12.6. The molecule has 0 spiro atoms. The standard InChI is InChI=1S/C12H12N2O3S/c1-7(2)13(12(17)18)14-10(15)8-5-3-4-6-9(8)11(14)16/h3-7H,1-2H3,(H,17,18). The second-order valence-electron chi connectivity index (χ2n) is 4.19. The maximum atomic E-state index is 12.1. The van der Waals surface area contributed by atoms with E-state index in [1.165, 1.54) is 0 Å². The topological polar surface area (TPSA) is 57.7 Å². The lowest BCUT2D eigenvalue weighted by molar-refractivity contribution is 0.0132. The first-order valence-electron chi connectivity index (χ1n) is 5.45. The molecule has 94 valence electrons. The fourth-order valence-corrected chi connectivity index (χ4v) is 2.23. The highest BCUT2D eigenvalue weighted by molar-refractivity contribution is 7.96. The molecule has 0 aromatic heterocycles. The van der Waals surface area contributed by atoms with Crippen LogP contribution in [0.2, 0.25) is 0 Å². The summed E-state index contributed by atoms with van der Waals surface area (Å²) in [5.41, 5.74) is 0.616. The van der Waals surface area contributed by atoms with E-state index in [9.17, 15) is 14.4 Å². The molecule has 0 bridgehead atoms. The van der Waals surface area contributed by atoms with E-state index in [1.807, 2.05) is 0 Å². The number of nitrogens with zero attached hydrogens (tertiary/aromatic N) is 2. The first-order valence-corrected chi connectivity index (χ1v) is 5.89. The van der Waals surface area contributed by atoms with Crippen LogP contribution in [0.5, 0.6) is 0 Å². The van der Waals surface area contributed by atoms with Crippen molar-refractivity contribution in [2.45, 2.75) is 19.9 Å². The third kappa shape index (κ3) is 1.78. The van der Waals surface area contributed by atoms with Gasteiger partial charge in [-0.05, 0) is 26.0 Å². The van der Waals surface area contributed by atoms with Crippen LogP contribution in [-0.2, 0) is 0 Å². The van der Waals surface area contributed by atoms with Gasteiger partial charge in [-0.1, -0.05) is 24.8 Å². The molecule has 0 atom stereocenters. The molecule has 0 fully saturated rings. The highest BCUT2D eigenvalue weighted by Crippen LogP contribution is 2.25. The second-order valence-corrected chi connectivity index (χ2v) is 4.57. The number of hydrazine groups is 1. The Labute approximate surface area is 110 Å². The molecule has 1 aromatic rings. The Morgan fingerprint density at radius 2 is 1.61 bits per heavy atom. The van der Waals surface area contributed by atoms with Gasteiger partial charge in [0.05, 0.1) is 11.1 Å². The number of carbonyl (C=O) groups is 3. The molecule has 1 aromatic carbocycles. The average Bonchev–Trinajstić information content (AvgIpc) is 2.55. The van der Waals surface area contributed by atoms with E-state index in [0.717, 1.165) is 10.0 Å². The van der Waals surface area contributed by atoms with Crippen LogP contribution in [0, 0.1) is 0 Å². The normalized spacial score (nSPS) is 14.1. The Morgan fingerprint density at radius 1 is 1.17 bits per heavy atom. The van der Waals surface area contributed by atoms with E-state index >= 15 is 0 Å². The molecular weight excluding hydrogens is 252 g/mol. The van der Waals surface area contributed by atoms with Gasteiger partial charge in [0.2, 0.25) is 0 Å². The van der Waals surface area contributed by atoms with Crippen LogP contribution in [0.25, 0.3) is 0 Å². The van der Waals surface area contributed by atoms with E-state index < -0.39 is 17.1 Å². The van der Waals surface area contributed by atoms with Crippen molar-refractivity contribution in [3.8, 4) is 0 Å². The number of fused-ring (bicyclic) bond motifs is 1. The quantitative estimate of drug-likeness (QED) is 0.656. The zero-order valence-electron chi connectivity index (χ0n) is 9.95. The van der Waals surface area contributed by atoms with Gasteiger partial charge in [0.15, 0.2) is 0 Å². The number of thiol groups is 1. The van der Waals surface area contributed by atoms with Crippen molar-refractivity contribution in [2.24, 2.45) is 0 Å². The number of carbonyl (C=O) groups excluding carboxylic acids is 3. The average molecular weight is 264 g/mol. The Balaban J connectivity index is 2.47. The summed E-state index contributed by atoms with van der Waals surface area (Å²) in [7, 11) is 0. The summed E-state index contributed by atoms with van der Waals surface area (Å²) in [5.74, 6) is -0.988. The molecule has 1 aliphatic rings. The Hall–Kier alpha value is -1.82. The zero-order chi connectivity index (χ0) is 13.4. The predicted molar refractivity (Wildman–Crippen MR) is 68.3 cm³/mol. The molecule has 5 nitrogen and oxygen atoms in total. The first-order chi connectivity index (χ1) is 8.45. The van der Waals surface area contributed by atoms with Crippen molar-refractivity contribution in [3.05, 3.63) is 35.4 Å². The molecule has 1 aliphatic heterocycles. The van der Waals surface area contributed by atoms with E-state index in [2.05, 4.69) is 12.6 Å². The van der Waals surface area contributed by atoms with E-state index in [1.54, 1.807) is 38.1 Å². The molecule has 0 N–H and O–H groups in total. The lowest BCUT2D eigenvalue weighted by Gasteiger charge is -2.31. The number of amides is 3. The minimum absolute atomic E-state index is 0.308. The molecule has 0 aliphatic carbocycles. The molecule has 2 rings (SSSR count). The summed E-state index contributed by atoms with van der Waals surface area (Å²) in [6.45, 7) is 3.41. The third-order valence-corrected chi connectivity index (χ3v) is 2.88. The van der Waals surface area contributed by atoms with Crippen molar-refractivity contribution >= 4 is 29.7 Å². The highest BCUT2D eigenvalue weighted by atomic mass is 32.1. The number of hydrogen-bond acceptors (Lipinski definition) is 3. The van der Waals surface area contributed by atoms with Gasteiger partial charge in [0.1, 0.15) is 0 Å². The smallest absolute Gasteiger partial charge is 0.267 e. The van der Waals surface area contributed by atoms with Crippen LogP contribution in [0.15, 0.2) is 24.3 Å². The minimum Gasteiger partial charge on any atom is -0.267 e. The molecule has 18 heavy (non-hydrogen) atoms. The highest BCUT2D eigenvalue weighted by Gasteiger charge is 2.41. The van der Waals surface area contributed by atoms with Gasteiger partial charge in [-0.25, -0.2) is 5.01 Å². The second kappa shape index (κ2) is 4.45. The van der Waals surface area contributed by atoms with Crippen LogP contribution < -0.4 is 0 Å². The maximum Gasteiger partial charge on any atom is 0.297 e. The predicted octanol–water partition coefficient (Wildman–Crippen LogP) is 1.96. The lowest BCUT2D eigenvalue weighted by Crippen LogP contribution is -2.51. The summed E-state index contributed by atoms with van der Waals surface area (Å²) < 4.78 is 0. The molecule has 1 heterocycles. The fraction of sp³-hybridized carbons (Fsp3) is 0.250. The summed E-state index contributed by atoms with van der Waals surface area (Å²) in [5, 5.41) is 1.26. The molecular formula is C12H12N2O3S. The fourth-order valence-electron chi connectivity index (χ4n) is 1.91. The van der Waals surface area contributed by atoms with Gasteiger partial charge in [-0.15, -0.1) is 0 Å². The summed E-state index contributed by atoms with van der Waals surface area (Å²) in [6.07, 6.45) is 0. The van der Waals surface area contributed by atoms with Gasteiger partial charge in [0.25, 0.3) is 17.1 Å². The molecule has 0 saturated carbocycles. The van der Waals surface area contributed by atoms with Crippen molar-refractivity contribution in [3.63, 3.8) is 0 Å². The number of rotatable bonds is 2. The number of benzene rings is 1. The maximum absolute atomic E-state index is 12.1. The number of imide groups is 1. The van der Waals surface area contributed by atoms with Crippen molar-refractivity contribution < 1.29 is 14.4 Å². The Morgan fingerprint density at radius 3 is 1.94 bits per heavy atom. The van der Waals surface area contributed by atoms with Crippen molar-refractivity contribution in [1.82, 2.24) is 10.0 Å². The molecule has 0 unspecified atom stereocenters. The summed E-state index contributed by atoms with van der Waals surface area (Å²) in [6, 6.07) is 6.15. The largest absolute Gasteiger partial charge is 0.297 e. The van der Waals surface area contributed by atoms with Gasteiger partial charge in [-0.2, -0.15) is 5.01 Å². The molecule has 6 heteroatoms. The Kier molecular flexibility index (Phi) is 3.13. The van der Waals surface area contributed by atoms with E-state index in [4.69, 9.17) is 0 Å². The minimum atomic E-state index is -0.639. The molecule has 3 amide bonds. The Bertz CT molecular complexity index is 507. The summed E-state index contributed by atoms with van der Waals surface area (Å²) in [4.78, 5) is 35.7. The molecule has 0 saturated heterocycles. The molecule has 0 radical (unpaired) electrons. The van der Waals surface area contributed by atoms with Crippen LogP contribution in [0.4, 0.5) is 4.79 Å². The van der Waals surface area contributed by atoms with Crippen LogP contribution >= 0.6 is 12.6 Å². The third-order valence-electron chi connectivity index (χ3n) is 2.67. The van der Waals surface area contributed by atoms with Crippen LogP contribution in [-0.4, -0.2) is 33.1 Å². The van der Waals surface area contributed by atoms with Gasteiger partial charge < -0.3 is 0 Å². The summed E-state index contributed by atoms with van der Waals surface area (Å²) >= 11 is 3.71. The van der Waals surface area contributed by atoms with Gasteiger partial charge in [0, 0.05) is 6.04 Å².